The highest BCUT2D eigenvalue weighted by Crippen LogP contribution is 2.58. The van der Waals surface area contributed by atoms with Gasteiger partial charge in [-0.25, -0.2) is 0 Å². The van der Waals surface area contributed by atoms with E-state index in [-0.39, 0.29) is 0 Å². The van der Waals surface area contributed by atoms with Crippen LogP contribution in [0.4, 0.5) is 0 Å². The molecule has 0 nitrogen and oxygen atoms in total. The monoisotopic (exact) mass is 324 g/mol. The minimum Gasteiger partial charge on any atom is -0.0686 e. The molecule has 0 amide bonds. The van der Waals surface area contributed by atoms with E-state index in [4.69, 9.17) is 0 Å². The third-order valence-corrected chi connectivity index (χ3v) is 11.6. The van der Waals surface area contributed by atoms with Crippen molar-refractivity contribution in [2.45, 2.75) is 89.4 Å². The molecule has 4 aliphatic rings. The van der Waals surface area contributed by atoms with E-state index in [0.29, 0.717) is 0 Å². The number of hydrogen-bond acceptors (Lipinski definition) is 0. The van der Waals surface area contributed by atoms with Gasteiger partial charge in [-0.15, -0.1) is 0 Å². The number of rotatable bonds is 2. The Morgan fingerprint density at radius 1 is 0.696 bits per heavy atom. The van der Waals surface area contributed by atoms with Crippen LogP contribution in [-0.2, 0) is 0 Å². The van der Waals surface area contributed by atoms with E-state index in [9.17, 15) is 0 Å². The summed E-state index contributed by atoms with van der Waals surface area (Å²) in [5.74, 6) is 0. The summed E-state index contributed by atoms with van der Waals surface area (Å²) in [5.41, 5.74) is 12.2. The van der Waals surface area contributed by atoms with Gasteiger partial charge in [-0.2, -0.15) is 0 Å². The maximum atomic E-state index is 2.70. The van der Waals surface area contributed by atoms with Crippen molar-refractivity contribution in [1.82, 2.24) is 0 Å². The summed E-state index contributed by atoms with van der Waals surface area (Å²) in [5, 5.41) is 0. The standard InChI is InChI=1S/C22H32Si/c1-15-13-17-9-5-7-11-19(17)21(15)23(3,4)22-16(2)14-18-10-6-8-12-20(18)22/h13-14,21-22H,5-12H2,1-4H3. The van der Waals surface area contributed by atoms with Gasteiger partial charge in [0.25, 0.3) is 0 Å². The summed E-state index contributed by atoms with van der Waals surface area (Å²) in [7, 11) is -1.43. The van der Waals surface area contributed by atoms with E-state index in [1.165, 1.54) is 51.4 Å². The van der Waals surface area contributed by atoms with Gasteiger partial charge in [0.15, 0.2) is 0 Å². The molecule has 23 heavy (non-hydrogen) atoms. The van der Waals surface area contributed by atoms with E-state index in [0.717, 1.165) is 11.1 Å². The van der Waals surface area contributed by atoms with E-state index in [1.54, 1.807) is 22.3 Å². The first-order valence-electron chi connectivity index (χ1n) is 9.80. The molecule has 0 bridgehead atoms. The molecule has 0 fully saturated rings. The van der Waals surface area contributed by atoms with Crippen LogP contribution in [0.3, 0.4) is 0 Å². The molecule has 0 aromatic carbocycles. The summed E-state index contributed by atoms with van der Waals surface area (Å²) in [6.07, 6.45) is 16.3. The van der Waals surface area contributed by atoms with Crippen LogP contribution < -0.4 is 0 Å². The highest BCUT2D eigenvalue weighted by atomic mass is 28.3. The van der Waals surface area contributed by atoms with Gasteiger partial charge < -0.3 is 0 Å². The molecule has 0 saturated heterocycles. The van der Waals surface area contributed by atoms with Crippen molar-refractivity contribution in [3.8, 4) is 0 Å². The Bertz CT molecular complexity index is 597. The summed E-state index contributed by atoms with van der Waals surface area (Å²) >= 11 is 0. The van der Waals surface area contributed by atoms with Crippen LogP contribution in [-0.4, -0.2) is 8.07 Å². The molecule has 1 heteroatoms. The van der Waals surface area contributed by atoms with Gasteiger partial charge in [0.2, 0.25) is 0 Å². The summed E-state index contributed by atoms with van der Waals surface area (Å²) in [6, 6.07) is 0. The summed E-state index contributed by atoms with van der Waals surface area (Å²) in [6.45, 7) is 10.3. The maximum absolute atomic E-state index is 2.70. The van der Waals surface area contributed by atoms with E-state index in [2.05, 4.69) is 39.1 Å². The Morgan fingerprint density at radius 3 is 1.52 bits per heavy atom. The SMILES string of the molecule is CC1=CC2=C(CCCC2)C1[Si](C)(C)C1C(C)=CC2=C1CCCC2. The predicted octanol–water partition coefficient (Wildman–Crippen LogP) is 7.10. The molecule has 0 heterocycles. The van der Waals surface area contributed by atoms with Crippen LogP contribution >= 0.6 is 0 Å². The summed E-state index contributed by atoms with van der Waals surface area (Å²) < 4.78 is 0. The molecule has 2 atom stereocenters. The minimum atomic E-state index is -1.43. The van der Waals surface area contributed by atoms with Crippen molar-refractivity contribution < 1.29 is 0 Å². The Morgan fingerprint density at radius 2 is 1.09 bits per heavy atom. The van der Waals surface area contributed by atoms with Gasteiger partial charge in [0, 0.05) is 0 Å². The van der Waals surface area contributed by atoms with Gasteiger partial charge in [0.05, 0.1) is 8.07 Å². The van der Waals surface area contributed by atoms with Crippen LogP contribution in [0.25, 0.3) is 0 Å². The Kier molecular flexibility index (Phi) is 3.83. The lowest BCUT2D eigenvalue weighted by atomic mass is 9.93. The fourth-order valence-corrected chi connectivity index (χ4v) is 11.7. The summed E-state index contributed by atoms with van der Waals surface area (Å²) in [4.78, 5) is 0. The zero-order chi connectivity index (χ0) is 16.2. The first-order chi connectivity index (χ1) is 11.0. The van der Waals surface area contributed by atoms with Gasteiger partial charge in [-0.05, 0) is 87.4 Å². The van der Waals surface area contributed by atoms with Crippen LogP contribution in [0.1, 0.15) is 65.2 Å². The van der Waals surface area contributed by atoms with Crippen molar-refractivity contribution >= 4 is 8.07 Å². The highest BCUT2D eigenvalue weighted by Gasteiger charge is 2.48. The smallest absolute Gasteiger partial charge is 0.0686 e. The molecule has 124 valence electrons. The normalized spacial score (nSPS) is 31.1. The topological polar surface area (TPSA) is 0 Å². The lowest BCUT2D eigenvalue weighted by Gasteiger charge is -2.42. The third-order valence-electron chi connectivity index (χ3n) is 7.01. The molecule has 0 aromatic rings. The second-order valence-electron chi connectivity index (χ2n) is 8.98. The van der Waals surface area contributed by atoms with Gasteiger partial charge >= 0.3 is 0 Å². The van der Waals surface area contributed by atoms with Crippen LogP contribution in [0.2, 0.25) is 24.2 Å². The lowest BCUT2D eigenvalue weighted by Crippen LogP contribution is -2.40. The fourth-order valence-electron chi connectivity index (χ4n) is 6.40. The number of hydrogen-bond donors (Lipinski definition) is 0. The highest BCUT2D eigenvalue weighted by molar-refractivity contribution is 6.83. The molecule has 0 N–H and O–H groups in total. The van der Waals surface area contributed by atoms with E-state index < -0.39 is 8.07 Å². The van der Waals surface area contributed by atoms with Gasteiger partial charge in [-0.3, -0.25) is 0 Å². The molecule has 0 spiro atoms. The van der Waals surface area contributed by atoms with Gasteiger partial charge in [-0.1, -0.05) is 47.5 Å². The predicted molar refractivity (Wildman–Crippen MR) is 103 cm³/mol. The third kappa shape index (κ3) is 2.38. The molecular formula is C22H32Si. The first-order valence-corrected chi connectivity index (χ1v) is 13.0. The molecule has 0 aliphatic heterocycles. The molecule has 0 saturated carbocycles. The van der Waals surface area contributed by atoms with Crippen molar-refractivity contribution in [2.75, 3.05) is 0 Å². The van der Waals surface area contributed by atoms with Crippen molar-refractivity contribution in [1.29, 1.82) is 0 Å². The maximum Gasteiger partial charge on any atom is 0.0713 e. The van der Waals surface area contributed by atoms with Crippen molar-refractivity contribution in [2.24, 2.45) is 0 Å². The zero-order valence-corrected chi connectivity index (χ0v) is 16.5. The molecule has 0 aromatic heterocycles. The van der Waals surface area contributed by atoms with Crippen LogP contribution in [0, 0.1) is 0 Å². The van der Waals surface area contributed by atoms with Crippen molar-refractivity contribution in [3.05, 3.63) is 45.6 Å². The lowest BCUT2D eigenvalue weighted by molar-refractivity contribution is 0.666. The Balaban J connectivity index is 1.73. The second-order valence-corrected chi connectivity index (χ2v) is 13.8. The first kappa shape index (κ1) is 15.7. The fraction of sp³-hybridized carbons (Fsp3) is 0.636. The average Bonchev–Trinajstić information content (AvgIpc) is 3.02. The zero-order valence-electron chi connectivity index (χ0n) is 15.5. The second kappa shape index (κ2) is 5.62. The van der Waals surface area contributed by atoms with Crippen LogP contribution in [0.15, 0.2) is 45.6 Å². The Labute approximate surface area is 143 Å². The Hall–Kier alpha value is -0.823. The minimum absolute atomic E-state index is 0.819. The molecule has 4 aliphatic carbocycles. The van der Waals surface area contributed by atoms with Crippen LogP contribution in [0.5, 0.6) is 0 Å². The number of allylic oxidation sites excluding steroid dienone is 8. The molecule has 4 rings (SSSR count). The van der Waals surface area contributed by atoms with Crippen molar-refractivity contribution in [3.63, 3.8) is 0 Å². The average molecular weight is 325 g/mol. The molecule has 0 radical (unpaired) electrons. The molecule has 2 unspecified atom stereocenters. The largest absolute Gasteiger partial charge is 0.0713 e. The molecular weight excluding hydrogens is 292 g/mol. The quantitative estimate of drug-likeness (QED) is 0.475. The van der Waals surface area contributed by atoms with Gasteiger partial charge in [0.1, 0.15) is 0 Å². The van der Waals surface area contributed by atoms with E-state index >= 15 is 0 Å². The van der Waals surface area contributed by atoms with E-state index in [1.807, 2.05) is 11.1 Å².